The number of benzene rings is 3. The lowest BCUT2D eigenvalue weighted by Crippen LogP contribution is -2.40. The van der Waals surface area contributed by atoms with Gasteiger partial charge in [0.15, 0.2) is 0 Å². The summed E-state index contributed by atoms with van der Waals surface area (Å²) in [5, 5.41) is 0.537. The van der Waals surface area contributed by atoms with Crippen molar-refractivity contribution in [2.45, 2.75) is 64.3 Å². The number of hydrogen-bond acceptors (Lipinski definition) is 4. The quantitative estimate of drug-likeness (QED) is 0.209. The number of amides is 1. The summed E-state index contributed by atoms with van der Waals surface area (Å²) < 4.78 is 7.34. The van der Waals surface area contributed by atoms with E-state index in [0.29, 0.717) is 53.5 Å². The topological polar surface area (TPSA) is 64.4 Å². The molecule has 6 nitrogen and oxygen atoms in total. The van der Waals surface area contributed by atoms with Gasteiger partial charge in [-0.15, -0.1) is 0 Å². The Hall–Kier alpha value is -3.93. The summed E-state index contributed by atoms with van der Waals surface area (Å²) in [6.45, 7) is 2.62. The third-order valence-corrected chi connectivity index (χ3v) is 8.23. The minimum Gasteiger partial charge on any atom is -0.495 e. The highest BCUT2D eigenvalue weighted by molar-refractivity contribution is 5.79. The smallest absolute Gasteiger partial charge is 0.266 e. The Morgan fingerprint density at radius 2 is 1.70 bits per heavy atom. The molecule has 0 saturated heterocycles. The van der Waals surface area contributed by atoms with Crippen LogP contribution in [0.5, 0.6) is 5.75 Å². The molecule has 0 radical (unpaired) electrons. The van der Waals surface area contributed by atoms with Crippen molar-refractivity contribution in [1.82, 2.24) is 14.5 Å². The molecule has 0 bridgehead atoms. The molecule has 1 aromatic heterocycles. The Morgan fingerprint density at radius 3 is 2.45 bits per heavy atom. The predicted molar refractivity (Wildman–Crippen MR) is 160 cm³/mol. The molecule has 40 heavy (non-hydrogen) atoms. The second-order valence-corrected chi connectivity index (χ2v) is 10.7. The number of aromatic nitrogens is 2. The summed E-state index contributed by atoms with van der Waals surface area (Å²) >= 11 is 0. The van der Waals surface area contributed by atoms with E-state index >= 15 is 0 Å². The molecule has 6 heteroatoms. The van der Waals surface area contributed by atoms with Crippen LogP contribution in [0.4, 0.5) is 0 Å². The molecule has 1 unspecified atom stereocenters. The van der Waals surface area contributed by atoms with E-state index in [1.807, 2.05) is 65.6 Å². The van der Waals surface area contributed by atoms with Crippen LogP contribution in [-0.2, 0) is 11.2 Å². The fourth-order valence-electron chi connectivity index (χ4n) is 6.08. The number of ether oxygens (including phenoxy) is 1. The predicted octanol–water partition coefficient (Wildman–Crippen LogP) is 6.89. The van der Waals surface area contributed by atoms with Gasteiger partial charge in [-0.05, 0) is 55.0 Å². The van der Waals surface area contributed by atoms with Crippen LogP contribution in [0, 0.1) is 5.92 Å². The highest BCUT2D eigenvalue weighted by Gasteiger charge is 2.30. The van der Waals surface area contributed by atoms with Gasteiger partial charge in [-0.25, -0.2) is 4.98 Å². The maximum Gasteiger partial charge on any atom is 0.266 e. The van der Waals surface area contributed by atoms with E-state index < -0.39 is 0 Å². The van der Waals surface area contributed by atoms with Crippen molar-refractivity contribution < 1.29 is 9.53 Å². The van der Waals surface area contributed by atoms with Gasteiger partial charge in [0, 0.05) is 13.0 Å². The zero-order chi connectivity index (χ0) is 27.9. The molecule has 0 spiro atoms. The van der Waals surface area contributed by atoms with Crippen LogP contribution in [0.1, 0.15) is 69.3 Å². The number of methoxy groups -OCH3 is 1. The molecule has 1 aliphatic rings. The van der Waals surface area contributed by atoms with Gasteiger partial charge in [-0.3, -0.25) is 14.2 Å². The lowest BCUT2D eigenvalue weighted by atomic mass is 10.0. The Kier molecular flexibility index (Phi) is 8.94. The molecule has 5 rings (SSSR count). The highest BCUT2D eigenvalue weighted by Crippen LogP contribution is 2.32. The summed E-state index contributed by atoms with van der Waals surface area (Å²) in [6.07, 6.45) is 7.76. The molecule has 1 fully saturated rings. The second-order valence-electron chi connectivity index (χ2n) is 10.7. The molecule has 3 aromatic carbocycles. The highest BCUT2D eigenvalue weighted by atomic mass is 16.5. The fraction of sp³-hybridized carbons (Fsp3) is 0.382. The Bertz CT molecular complexity index is 1490. The molecule has 1 aliphatic carbocycles. The van der Waals surface area contributed by atoms with Gasteiger partial charge < -0.3 is 9.64 Å². The van der Waals surface area contributed by atoms with Crippen molar-refractivity contribution in [3.8, 4) is 11.4 Å². The molecule has 0 N–H and O–H groups in total. The van der Waals surface area contributed by atoms with Gasteiger partial charge in [0.05, 0.1) is 29.7 Å². The van der Waals surface area contributed by atoms with E-state index in [-0.39, 0.29) is 17.5 Å². The van der Waals surface area contributed by atoms with Crippen LogP contribution in [-0.4, -0.2) is 34.0 Å². The summed E-state index contributed by atoms with van der Waals surface area (Å²) in [5.41, 5.74) is 2.28. The van der Waals surface area contributed by atoms with Gasteiger partial charge in [0.2, 0.25) is 5.91 Å². The van der Waals surface area contributed by atoms with Gasteiger partial charge in [-0.1, -0.05) is 87.2 Å². The van der Waals surface area contributed by atoms with Gasteiger partial charge >= 0.3 is 0 Å². The number of carbonyl (C=O) groups is 1. The van der Waals surface area contributed by atoms with E-state index in [1.165, 1.54) is 31.2 Å². The first kappa shape index (κ1) is 27.6. The van der Waals surface area contributed by atoms with Crippen LogP contribution in [0.25, 0.3) is 16.6 Å². The minimum absolute atomic E-state index is 0.128. The zero-order valence-corrected chi connectivity index (χ0v) is 23.6. The molecule has 208 valence electrons. The Morgan fingerprint density at radius 1 is 1.00 bits per heavy atom. The molecule has 1 heterocycles. The van der Waals surface area contributed by atoms with Crippen LogP contribution >= 0.6 is 0 Å². The van der Waals surface area contributed by atoms with Crippen LogP contribution in [0.3, 0.4) is 0 Å². The number of nitrogens with zero attached hydrogens (tertiary/aromatic N) is 3. The fourth-order valence-corrected chi connectivity index (χ4v) is 6.08. The standard InChI is InChI=1S/C34H39N3O3/c1-3-29(36(24-23-26-13-5-4-6-14-26)32(38)22-21-25-15-7-8-16-25)33-35-28-18-10-9-17-27(28)34(39)37(33)30-19-11-12-20-31(30)40-2/h4-6,9-14,17-20,25,29H,3,7-8,15-16,21-24H2,1-2H3. The van der Waals surface area contributed by atoms with Gasteiger partial charge in [0.1, 0.15) is 11.6 Å². The van der Waals surface area contributed by atoms with Crippen LogP contribution in [0.15, 0.2) is 83.7 Å². The minimum atomic E-state index is -0.373. The van der Waals surface area contributed by atoms with Crippen LogP contribution in [0.2, 0.25) is 0 Å². The van der Waals surface area contributed by atoms with Crippen molar-refractivity contribution >= 4 is 16.8 Å². The molecule has 1 saturated carbocycles. The number of fused-ring (bicyclic) bond motifs is 1. The number of hydrogen-bond donors (Lipinski definition) is 0. The monoisotopic (exact) mass is 537 g/mol. The van der Waals surface area contributed by atoms with Crippen molar-refractivity contribution in [3.05, 3.63) is 101 Å². The maximum absolute atomic E-state index is 14.1. The first-order valence-corrected chi connectivity index (χ1v) is 14.6. The van der Waals surface area contributed by atoms with Crippen molar-refractivity contribution in [2.24, 2.45) is 5.92 Å². The number of carbonyl (C=O) groups excluding carboxylic acids is 1. The van der Waals surface area contributed by atoms with Gasteiger partial charge in [-0.2, -0.15) is 0 Å². The van der Waals surface area contributed by atoms with Gasteiger partial charge in [0.25, 0.3) is 5.56 Å². The molecule has 4 aromatic rings. The average molecular weight is 538 g/mol. The van der Waals surface area contributed by atoms with Crippen molar-refractivity contribution in [3.63, 3.8) is 0 Å². The molecule has 1 amide bonds. The largest absolute Gasteiger partial charge is 0.495 e. The normalized spacial score (nSPS) is 14.3. The van der Waals surface area contributed by atoms with Crippen LogP contribution < -0.4 is 10.3 Å². The maximum atomic E-state index is 14.1. The molecule has 0 aliphatic heterocycles. The number of rotatable bonds is 11. The lowest BCUT2D eigenvalue weighted by Gasteiger charge is -2.33. The van der Waals surface area contributed by atoms with E-state index in [0.717, 1.165) is 12.8 Å². The third-order valence-electron chi connectivity index (χ3n) is 8.23. The Balaban J connectivity index is 1.60. The second kappa shape index (κ2) is 12.9. The lowest BCUT2D eigenvalue weighted by molar-refractivity contribution is -0.134. The Labute approximate surface area is 236 Å². The average Bonchev–Trinajstić information content (AvgIpc) is 3.52. The summed E-state index contributed by atoms with van der Waals surface area (Å²) in [5.74, 6) is 1.91. The van der Waals surface area contributed by atoms with E-state index in [1.54, 1.807) is 17.7 Å². The number of para-hydroxylation sites is 3. The summed E-state index contributed by atoms with van der Waals surface area (Å²) in [4.78, 5) is 35.1. The van der Waals surface area contributed by atoms with Crippen molar-refractivity contribution in [1.29, 1.82) is 0 Å². The molecular formula is C34H39N3O3. The molecular weight excluding hydrogens is 498 g/mol. The SMILES string of the molecule is CCC(c1nc2ccccc2c(=O)n1-c1ccccc1OC)N(CCc1ccccc1)C(=O)CCC1CCCC1. The summed E-state index contributed by atoms with van der Waals surface area (Å²) in [7, 11) is 1.61. The third kappa shape index (κ3) is 5.96. The van der Waals surface area contributed by atoms with E-state index in [9.17, 15) is 9.59 Å². The first-order chi connectivity index (χ1) is 19.6. The summed E-state index contributed by atoms with van der Waals surface area (Å²) in [6, 6.07) is 24.8. The van der Waals surface area contributed by atoms with E-state index in [2.05, 4.69) is 19.1 Å². The van der Waals surface area contributed by atoms with E-state index in [4.69, 9.17) is 9.72 Å². The molecule has 1 atom stereocenters. The van der Waals surface area contributed by atoms with Crippen molar-refractivity contribution in [2.75, 3.05) is 13.7 Å². The first-order valence-electron chi connectivity index (χ1n) is 14.6. The zero-order valence-electron chi connectivity index (χ0n) is 23.6.